The van der Waals surface area contributed by atoms with Crippen LogP contribution in [0.25, 0.3) is 0 Å². The standard InChI is InChI=1S/C18H24F2N2O4/c1-10-14(15(23)21-13-8-7-11(19)9-12(13)20)22(18(5,6)25-10)16(24)26-17(2,3)4/h7-10,14H,1-6H3,(H,21,23)/t10-,14-/m1/s1. The summed E-state index contributed by atoms with van der Waals surface area (Å²) in [5, 5.41) is 2.39. The minimum atomic E-state index is -1.09. The largest absolute Gasteiger partial charge is 0.444 e. The highest BCUT2D eigenvalue weighted by Crippen LogP contribution is 2.34. The summed E-state index contributed by atoms with van der Waals surface area (Å²) < 4.78 is 38.0. The van der Waals surface area contributed by atoms with Gasteiger partial charge in [-0.3, -0.25) is 9.69 Å². The van der Waals surface area contributed by atoms with E-state index >= 15 is 0 Å². The zero-order valence-electron chi connectivity index (χ0n) is 15.7. The van der Waals surface area contributed by atoms with E-state index in [0.717, 1.165) is 12.1 Å². The molecule has 1 aromatic rings. The van der Waals surface area contributed by atoms with E-state index in [1.54, 1.807) is 41.5 Å². The van der Waals surface area contributed by atoms with Crippen LogP contribution in [0.1, 0.15) is 41.5 Å². The van der Waals surface area contributed by atoms with Crippen molar-refractivity contribution in [2.45, 2.75) is 65.0 Å². The Kier molecular flexibility index (Phi) is 5.28. The molecule has 2 atom stereocenters. The molecule has 1 aliphatic rings. The lowest BCUT2D eigenvalue weighted by Gasteiger charge is -2.34. The van der Waals surface area contributed by atoms with Gasteiger partial charge in [0.1, 0.15) is 29.0 Å². The summed E-state index contributed by atoms with van der Waals surface area (Å²) >= 11 is 0. The zero-order valence-corrected chi connectivity index (χ0v) is 15.7. The Morgan fingerprint density at radius 1 is 1.27 bits per heavy atom. The van der Waals surface area contributed by atoms with Crippen LogP contribution >= 0.6 is 0 Å². The predicted molar refractivity (Wildman–Crippen MR) is 91.5 cm³/mol. The van der Waals surface area contributed by atoms with Gasteiger partial charge in [0.2, 0.25) is 5.91 Å². The molecule has 1 N–H and O–H groups in total. The van der Waals surface area contributed by atoms with Gasteiger partial charge in [0, 0.05) is 6.07 Å². The first-order valence-electron chi connectivity index (χ1n) is 8.28. The van der Waals surface area contributed by atoms with E-state index < -0.39 is 47.1 Å². The highest BCUT2D eigenvalue weighted by Gasteiger charge is 2.52. The van der Waals surface area contributed by atoms with Gasteiger partial charge in [-0.1, -0.05) is 0 Å². The normalized spacial score (nSPS) is 22.2. The molecular weight excluding hydrogens is 346 g/mol. The number of ether oxygens (including phenoxy) is 2. The van der Waals surface area contributed by atoms with Gasteiger partial charge < -0.3 is 14.8 Å². The maximum atomic E-state index is 13.8. The molecular formula is C18H24F2N2O4. The summed E-state index contributed by atoms with van der Waals surface area (Å²) in [6, 6.07) is 1.78. The van der Waals surface area contributed by atoms with E-state index in [9.17, 15) is 18.4 Å². The molecule has 0 unspecified atom stereocenters. The highest BCUT2D eigenvalue weighted by atomic mass is 19.1. The lowest BCUT2D eigenvalue weighted by Crippen LogP contribution is -2.54. The first-order valence-corrected chi connectivity index (χ1v) is 8.28. The summed E-state index contributed by atoms with van der Waals surface area (Å²) in [5.41, 5.74) is -2.04. The molecule has 2 amide bonds. The van der Waals surface area contributed by atoms with E-state index in [1.165, 1.54) is 4.90 Å². The van der Waals surface area contributed by atoms with Crippen molar-refractivity contribution in [3.8, 4) is 0 Å². The Bertz CT molecular complexity index is 716. The average molecular weight is 370 g/mol. The molecule has 0 bridgehead atoms. The fraction of sp³-hybridized carbons (Fsp3) is 0.556. The van der Waals surface area contributed by atoms with Crippen LogP contribution in [-0.2, 0) is 14.3 Å². The number of hydrogen-bond donors (Lipinski definition) is 1. The molecule has 26 heavy (non-hydrogen) atoms. The van der Waals surface area contributed by atoms with Crippen molar-refractivity contribution in [3.05, 3.63) is 29.8 Å². The monoisotopic (exact) mass is 370 g/mol. The van der Waals surface area contributed by atoms with E-state index in [1.807, 2.05) is 0 Å². The maximum Gasteiger partial charge on any atom is 0.413 e. The topological polar surface area (TPSA) is 67.9 Å². The second-order valence-corrected chi connectivity index (χ2v) is 7.68. The maximum absolute atomic E-state index is 13.8. The van der Waals surface area contributed by atoms with Crippen LogP contribution in [0.3, 0.4) is 0 Å². The molecule has 2 rings (SSSR count). The van der Waals surface area contributed by atoms with E-state index in [-0.39, 0.29) is 5.69 Å². The van der Waals surface area contributed by atoms with Crippen LogP contribution in [0.2, 0.25) is 0 Å². The van der Waals surface area contributed by atoms with Crippen molar-refractivity contribution < 1.29 is 27.8 Å². The van der Waals surface area contributed by atoms with Crippen LogP contribution in [0.15, 0.2) is 18.2 Å². The van der Waals surface area contributed by atoms with Crippen molar-refractivity contribution in [2.24, 2.45) is 0 Å². The minimum absolute atomic E-state index is 0.183. The Morgan fingerprint density at radius 3 is 2.42 bits per heavy atom. The molecule has 0 radical (unpaired) electrons. The number of hydrogen-bond acceptors (Lipinski definition) is 4. The fourth-order valence-electron chi connectivity index (χ4n) is 2.89. The Labute approximate surface area is 151 Å². The number of benzene rings is 1. The van der Waals surface area contributed by atoms with Crippen molar-refractivity contribution in [3.63, 3.8) is 0 Å². The Balaban J connectivity index is 2.28. The third kappa shape index (κ3) is 4.30. The Morgan fingerprint density at radius 2 is 1.88 bits per heavy atom. The third-order valence-electron chi connectivity index (χ3n) is 3.83. The smallest absolute Gasteiger partial charge is 0.413 e. The molecule has 1 heterocycles. The molecule has 0 saturated carbocycles. The van der Waals surface area contributed by atoms with Crippen molar-refractivity contribution in [2.75, 3.05) is 5.32 Å². The number of carbonyl (C=O) groups excluding carboxylic acids is 2. The SMILES string of the molecule is C[C@H]1OC(C)(C)N(C(=O)OC(C)(C)C)[C@H]1C(=O)Nc1ccc(F)cc1F. The van der Waals surface area contributed by atoms with Gasteiger partial charge >= 0.3 is 6.09 Å². The predicted octanol–water partition coefficient (Wildman–Crippen LogP) is 3.66. The van der Waals surface area contributed by atoms with Crippen molar-refractivity contribution >= 4 is 17.7 Å². The van der Waals surface area contributed by atoms with Gasteiger partial charge in [0.25, 0.3) is 0 Å². The number of anilines is 1. The quantitative estimate of drug-likeness (QED) is 0.863. The van der Waals surface area contributed by atoms with Gasteiger partial charge in [-0.15, -0.1) is 0 Å². The summed E-state index contributed by atoms with van der Waals surface area (Å²) in [7, 11) is 0. The van der Waals surface area contributed by atoms with Gasteiger partial charge in [0.15, 0.2) is 0 Å². The second-order valence-electron chi connectivity index (χ2n) is 7.68. The summed E-state index contributed by atoms with van der Waals surface area (Å²) in [5.74, 6) is -2.32. The average Bonchev–Trinajstić information content (AvgIpc) is 2.69. The molecule has 8 heteroatoms. The Hall–Kier alpha value is -2.22. The van der Waals surface area contributed by atoms with Crippen LogP contribution < -0.4 is 5.32 Å². The number of rotatable bonds is 2. The molecule has 1 aliphatic heterocycles. The molecule has 0 aliphatic carbocycles. The van der Waals surface area contributed by atoms with Gasteiger partial charge in [-0.25, -0.2) is 13.6 Å². The minimum Gasteiger partial charge on any atom is -0.444 e. The molecule has 144 valence electrons. The number of halogens is 2. The van der Waals surface area contributed by atoms with Crippen LogP contribution in [0, 0.1) is 11.6 Å². The number of amides is 2. The van der Waals surface area contributed by atoms with E-state index in [2.05, 4.69) is 5.32 Å². The number of nitrogens with zero attached hydrogens (tertiary/aromatic N) is 1. The first-order chi connectivity index (χ1) is 11.8. The number of nitrogens with one attached hydrogen (secondary N) is 1. The summed E-state index contributed by atoms with van der Waals surface area (Å²) in [4.78, 5) is 26.5. The molecule has 0 aromatic heterocycles. The molecule has 0 spiro atoms. The van der Waals surface area contributed by atoms with Gasteiger partial charge in [-0.2, -0.15) is 0 Å². The lowest BCUT2D eigenvalue weighted by molar-refractivity contribution is -0.121. The first kappa shape index (κ1) is 20.1. The van der Waals surface area contributed by atoms with Crippen LogP contribution in [-0.4, -0.2) is 40.4 Å². The fourth-order valence-corrected chi connectivity index (χ4v) is 2.89. The molecule has 1 saturated heterocycles. The molecule has 1 fully saturated rings. The molecule has 6 nitrogen and oxygen atoms in total. The van der Waals surface area contributed by atoms with Gasteiger partial charge in [-0.05, 0) is 53.7 Å². The van der Waals surface area contributed by atoms with Gasteiger partial charge in [0.05, 0.1) is 11.8 Å². The van der Waals surface area contributed by atoms with E-state index in [0.29, 0.717) is 6.07 Å². The van der Waals surface area contributed by atoms with Crippen LogP contribution in [0.5, 0.6) is 0 Å². The summed E-state index contributed by atoms with van der Waals surface area (Å²) in [6.45, 7) is 10.0. The number of carbonyl (C=O) groups is 2. The van der Waals surface area contributed by atoms with Crippen LogP contribution in [0.4, 0.5) is 19.3 Å². The van der Waals surface area contributed by atoms with Crippen molar-refractivity contribution in [1.29, 1.82) is 0 Å². The molecule has 1 aromatic carbocycles. The van der Waals surface area contributed by atoms with E-state index in [4.69, 9.17) is 9.47 Å². The van der Waals surface area contributed by atoms with Crippen molar-refractivity contribution in [1.82, 2.24) is 4.90 Å². The third-order valence-corrected chi connectivity index (χ3v) is 3.83. The summed E-state index contributed by atoms with van der Waals surface area (Å²) in [6.07, 6.45) is -1.37. The zero-order chi connectivity index (χ0) is 19.9. The highest BCUT2D eigenvalue weighted by molar-refractivity contribution is 5.97. The lowest BCUT2D eigenvalue weighted by atomic mass is 10.1. The second kappa shape index (κ2) is 6.83.